The number of benzene rings is 3. The third-order valence-corrected chi connectivity index (χ3v) is 5.03. The smallest absolute Gasteiger partial charge is 0.416 e. The van der Waals surface area contributed by atoms with Crippen molar-refractivity contribution in [1.29, 1.82) is 0 Å². The third-order valence-electron chi connectivity index (χ3n) is 5.03. The first-order valence-electron chi connectivity index (χ1n) is 9.21. The monoisotopic (exact) mass is 387 g/mol. The topological polar surface area (TPSA) is 32.7 Å². The van der Waals surface area contributed by atoms with Gasteiger partial charge >= 0.3 is 6.18 Å². The molecule has 0 aliphatic carbocycles. The second-order valence-electron chi connectivity index (χ2n) is 7.04. The zero-order valence-corrected chi connectivity index (χ0v) is 15.1. The molecule has 3 aromatic rings. The maximum atomic E-state index is 12.7. The molecule has 0 bridgehead atoms. The first-order valence-corrected chi connectivity index (χ1v) is 9.21. The van der Waals surface area contributed by atoms with Gasteiger partial charge in [-0.2, -0.15) is 13.2 Å². The van der Waals surface area contributed by atoms with Crippen LogP contribution in [0.5, 0.6) is 11.5 Å². The summed E-state index contributed by atoms with van der Waals surface area (Å²) in [5.74, 6) is 0.639. The van der Waals surface area contributed by atoms with E-state index in [0.29, 0.717) is 12.3 Å². The summed E-state index contributed by atoms with van der Waals surface area (Å²) in [6, 6.07) is 16.2. The normalized spacial score (nSPS) is 17.7. The zero-order chi connectivity index (χ0) is 19.7. The van der Waals surface area contributed by atoms with Crippen LogP contribution in [0, 0.1) is 0 Å². The van der Waals surface area contributed by atoms with Gasteiger partial charge < -0.3 is 14.7 Å². The van der Waals surface area contributed by atoms with E-state index < -0.39 is 11.7 Å². The van der Waals surface area contributed by atoms with Crippen LogP contribution in [0.4, 0.5) is 18.9 Å². The van der Waals surface area contributed by atoms with E-state index in [4.69, 9.17) is 4.74 Å². The van der Waals surface area contributed by atoms with E-state index in [2.05, 4.69) is 4.90 Å². The van der Waals surface area contributed by atoms with Gasteiger partial charge in [-0.3, -0.25) is 0 Å². The lowest BCUT2D eigenvalue weighted by molar-refractivity contribution is -0.137. The molecule has 0 amide bonds. The van der Waals surface area contributed by atoms with Crippen molar-refractivity contribution in [3.8, 4) is 11.5 Å². The first-order chi connectivity index (χ1) is 13.4. The minimum atomic E-state index is -4.35. The Balaban J connectivity index is 1.52. The number of ether oxygens (including phenoxy) is 1. The number of hydrogen-bond acceptors (Lipinski definition) is 3. The second kappa shape index (κ2) is 7.26. The molecule has 1 heterocycles. The number of nitrogens with zero attached hydrogens (tertiary/aromatic N) is 1. The second-order valence-corrected chi connectivity index (χ2v) is 7.04. The summed E-state index contributed by atoms with van der Waals surface area (Å²) in [5.41, 5.74) is 0.257. The molecule has 146 valence electrons. The quantitative estimate of drug-likeness (QED) is 0.634. The van der Waals surface area contributed by atoms with Crippen LogP contribution in [0.2, 0.25) is 0 Å². The number of alkyl halides is 3. The van der Waals surface area contributed by atoms with E-state index in [1.807, 2.05) is 24.3 Å². The van der Waals surface area contributed by atoms with E-state index in [1.165, 1.54) is 12.1 Å². The van der Waals surface area contributed by atoms with Gasteiger partial charge in [-0.25, -0.2) is 0 Å². The maximum absolute atomic E-state index is 12.7. The van der Waals surface area contributed by atoms with Crippen LogP contribution in [0.25, 0.3) is 10.8 Å². The van der Waals surface area contributed by atoms with Gasteiger partial charge in [0.1, 0.15) is 17.6 Å². The van der Waals surface area contributed by atoms with Gasteiger partial charge in [0.15, 0.2) is 0 Å². The number of aromatic hydroxyl groups is 1. The van der Waals surface area contributed by atoms with Crippen LogP contribution in [-0.4, -0.2) is 24.3 Å². The first kappa shape index (κ1) is 18.5. The predicted octanol–water partition coefficient (Wildman–Crippen LogP) is 5.61. The largest absolute Gasteiger partial charge is 0.508 e. The lowest BCUT2D eigenvalue weighted by atomic mass is 10.0. The van der Waals surface area contributed by atoms with Crippen LogP contribution in [-0.2, 0) is 6.18 Å². The van der Waals surface area contributed by atoms with Crippen LogP contribution in [0.3, 0.4) is 0 Å². The molecule has 28 heavy (non-hydrogen) atoms. The highest BCUT2D eigenvalue weighted by molar-refractivity contribution is 5.95. The van der Waals surface area contributed by atoms with E-state index in [0.717, 1.165) is 48.0 Å². The molecule has 3 nitrogen and oxygen atoms in total. The highest BCUT2D eigenvalue weighted by Crippen LogP contribution is 2.34. The number of piperidine rings is 1. The van der Waals surface area contributed by atoms with Crippen molar-refractivity contribution >= 4 is 16.5 Å². The fraction of sp³-hybridized carbons (Fsp3) is 0.273. The van der Waals surface area contributed by atoms with Gasteiger partial charge in [0, 0.05) is 23.7 Å². The van der Waals surface area contributed by atoms with Crippen molar-refractivity contribution in [1.82, 2.24) is 0 Å². The highest BCUT2D eigenvalue weighted by atomic mass is 19.4. The number of hydrogen-bond donors (Lipinski definition) is 1. The standard InChI is InChI=1S/C22H20F3NO2/c23-22(24,25)16-7-9-18(10-8-16)28-19-5-3-11-26(14-19)21-13-17(27)12-15-4-1-2-6-20(15)21/h1-2,4,6-10,12-13,19,27H,3,5,11,14H2. The van der Waals surface area contributed by atoms with Gasteiger partial charge in [0.25, 0.3) is 0 Å². The average molecular weight is 387 g/mol. The Morgan fingerprint density at radius 3 is 2.50 bits per heavy atom. The van der Waals surface area contributed by atoms with Gasteiger partial charge in [-0.15, -0.1) is 0 Å². The molecule has 6 heteroatoms. The number of fused-ring (bicyclic) bond motifs is 1. The van der Waals surface area contributed by atoms with Gasteiger partial charge in [0.2, 0.25) is 0 Å². The van der Waals surface area contributed by atoms with E-state index in [-0.39, 0.29) is 11.9 Å². The summed E-state index contributed by atoms with van der Waals surface area (Å²) in [6.45, 7) is 1.44. The number of anilines is 1. The van der Waals surface area contributed by atoms with Gasteiger partial charge in [-0.05, 0) is 48.6 Å². The fourth-order valence-electron chi connectivity index (χ4n) is 3.70. The predicted molar refractivity (Wildman–Crippen MR) is 103 cm³/mol. The van der Waals surface area contributed by atoms with Crippen molar-refractivity contribution in [2.45, 2.75) is 25.1 Å². The lowest BCUT2D eigenvalue weighted by Crippen LogP contribution is -2.41. The molecular formula is C22H20F3NO2. The van der Waals surface area contributed by atoms with E-state index >= 15 is 0 Å². The van der Waals surface area contributed by atoms with Crippen LogP contribution < -0.4 is 9.64 Å². The fourth-order valence-corrected chi connectivity index (χ4v) is 3.70. The summed E-state index contributed by atoms with van der Waals surface area (Å²) in [7, 11) is 0. The molecule has 1 atom stereocenters. The number of phenols is 1. The van der Waals surface area contributed by atoms with Gasteiger partial charge in [-0.1, -0.05) is 24.3 Å². The zero-order valence-electron chi connectivity index (χ0n) is 15.1. The van der Waals surface area contributed by atoms with Crippen LogP contribution >= 0.6 is 0 Å². The Hall–Kier alpha value is -2.89. The molecule has 1 unspecified atom stereocenters. The van der Waals surface area contributed by atoms with Crippen molar-refractivity contribution in [3.63, 3.8) is 0 Å². The number of halogens is 3. The molecular weight excluding hydrogens is 367 g/mol. The Kier molecular flexibility index (Phi) is 4.79. The minimum absolute atomic E-state index is 0.133. The summed E-state index contributed by atoms with van der Waals surface area (Å²) >= 11 is 0. The molecule has 0 radical (unpaired) electrons. The molecule has 0 saturated carbocycles. The average Bonchev–Trinajstić information content (AvgIpc) is 2.67. The maximum Gasteiger partial charge on any atom is 0.416 e. The van der Waals surface area contributed by atoms with Crippen molar-refractivity contribution in [2.75, 3.05) is 18.0 Å². The SMILES string of the molecule is Oc1cc(N2CCCC(Oc3ccc(C(F)(F)F)cc3)C2)c2ccccc2c1. The Bertz CT molecular complexity index is 970. The number of rotatable bonds is 3. The summed E-state index contributed by atoms with van der Waals surface area (Å²) in [6.07, 6.45) is -2.76. The van der Waals surface area contributed by atoms with Crippen molar-refractivity contribution < 1.29 is 23.0 Å². The van der Waals surface area contributed by atoms with Crippen molar-refractivity contribution in [2.24, 2.45) is 0 Å². The third kappa shape index (κ3) is 3.86. The lowest BCUT2D eigenvalue weighted by Gasteiger charge is -2.35. The molecule has 0 aromatic heterocycles. The number of phenolic OH excluding ortho intramolecular Hbond substituents is 1. The van der Waals surface area contributed by atoms with Crippen molar-refractivity contribution in [3.05, 3.63) is 66.2 Å². The molecule has 4 rings (SSSR count). The Morgan fingerprint density at radius 2 is 1.75 bits per heavy atom. The molecule has 1 N–H and O–H groups in total. The molecule has 3 aromatic carbocycles. The molecule has 1 fully saturated rings. The van der Waals surface area contributed by atoms with E-state index in [9.17, 15) is 18.3 Å². The molecule has 0 spiro atoms. The van der Waals surface area contributed by atoms with E-state index in [1.54, 1.807) is 12.1 Å². The Labute approximate surface area is 161 Å². The highest BCUT2D eigenvalue weighted by Gasteiger charge is 2.30. The summed E-state index contributed by atoms with van der Waals surface area (Å²) < 4.78 is 44.1. The van der Waals surface area contributed by atoms with Gasteiger partial charge in [0.05, 0.1) is 12.1 Å². The molecule has 1 aliphatic heterocycles. The summed E-state index contributed by atoms with van der Waals surface area (Å²) in [4.78, 5) is 2.17. The molecule has 1 saturated heterocycles. The Morgan fingerprint density at radius 1 is 1.00 bits per heavy atom. The minimum Gasteiger partial charge on any atom is -0.508 e. The molecule has 1 aliphatic rings. The van der Waals surface area contributed by atoms with Crippen LogP contribution in [0.1, 0.15) is 18.4 Å². The summed E-state index contributed by atoms with van der Waals surface area (Å²) in [5, 5.41) is 12.1. The van der Waals surface area contributed by atoms with Crippen LogP contribution in [0.15, 0.2) is 60.7 Å².